The number of para-hydroxylation sites is 1. The van der Waals surface area contributed by atoms with E-state index in [1.54, 1.807) is 0 Å². The summed E-state index contributed by atoms with van der Waals surface area (Å²) >= 11 is 0. The first kappa shape index (κ1) is 12.7. The molecule has 0 spiro atoms. The first-order chi connectivity index (χ1) is 8.43. The van der Waals surface area contributed by atoms with Crippen LogP contribution in [0.25, 0.3) is 10.9 Å². The number of ketones is 1. The molecule has 2 aromatic rings. The van der Waals surface area contributed by atoms with Crippen LogP contribution in [0, 0.1) is 5.92 Å². The van der Waals surface area contributed by atoms with Gasteiger partial charge in [-0.1, -0.05) is 38.1 Å². The second-order valence-electron chi connectivity index (χ2n) is 5.53. The molecule has 18 heavy (non-hydrogen) atoms. The average Bonchev–Trinajstić information content (AvgIpc) is 2.37. The largest absolute Gasteiger partial charge is 0.298 e. The zero-order valence-corrected chi connectivity index (χ0v) is 11.4. The van der Waals surface area contributed by atoms with Crippen molar-refractivity contribution in [3.05, 3.63) is 42.1 Å². The van der Waals surface area contributed by atoms with E-state index < -0.39 is 5.41 Å². The van der Waals surface area contributed by atoms with Crippen molar-refractivity contribution in [3.8, 4) is 0 Å². The Morgan fingerprint density at radius 2 is 1.78 bits per heavy atom. The van der Waals surface area contributed by atoms with Gasteiger partial charge >= 0.3 is 0 Å². The number of fused-ring (bicyclic) bond motifs is 1. The third-order valence-corrected chi connectivity index (χ3v) is 3.38. The number of nitrogens with zero attached hydrogens (tertiary/aromatic N) is 1. The Kier molecular flexibility index (Phi) is 3.20. The van der Waals surface area contributed by atoms with Gasteiger partial charge in [-0.3, -0.25) is 9.78 Å². The maximum absolute atomic E-state index is 12.3. The molecule has 0 aliphatic carbocycles. The zero-order valence-electron chi connectivity index (χ0n) is 11.4. The summed E-state index contributed by atoms with van der Waals surface area (Å²) in [6, 6.07) is 12.0. The molecule has 0 atom stereocenters. The minimum absolute atomic E-state index is 0.0215. The molecular formula is C16H19NO. The molecule has 2 nitrogen and oxygen atoms in total. The van der Waals surface area contributed by atoms with Crippen LogP contribution in [-0.2, 0) is 10.2 Å². The van der Waals surface area contributed by atoms with Gasteiger partial charge in [-0.25, -0.2) is 0 Å². The van der Waals surface area contributed by atoms with E-state index >= 15 is 0 Å². The van der Waals surface area contributed by atoms with Gasteiger partial charge in [-0.2, -0.15) is 0 Å². The van der Waals surface area contributed by atoms with Crippen LogP contribution in [0.4, 0.5) is 0 Å². The normalized spacial score (nSPS) is 12.1. The van der Waals surface area contributed by atoms with E-state index in [0.717, 1.165) is 16.6 Å². The molecule has 0 radical (unpaired) electrons. The number of hydrogen-bond acceptors (Lipinski definition) is 2. The fourth-order valence-electron chi connectivity index (χ4n) is 2.26. The van der Waals surface area contributed by atoms with Crippen molar-refractivity contribution in [2.24, 2.45) is 5.92 Å². The molecule has 94 valence electrons. The highest BCUT2D eigenvalue weighted by atomic mass is 16.1. The molecule has 0 N–H and O–H groups in total. The monoisotopic (exact) mass is 241 g/mol. The van der Waals surface area contributed by atoms with Crippen LogP contribution in [0.2, 0.25) is 0 Å². The molecule has 0 saturated carbocycles. The van der Waals surface area contributed by atoms with Gasteiger partial charge in [-0.15, -0.1) is 0 Å². The molecule has 0 aliphatic rings. The summed E-state index contributed by atoms with van der Waals surface area (Å²) in [5.74, 6) is 0.249. The van der Waals surface area contributed by atoms with Crippen LogP contribution in [0.5, 0.6) is 0 Å². The predicted octanol–water partition coefficient (Wildman–Crippen LogP) is 3.74. The summed E-state index contributed by atoms with van der Waals surface area (Å²) in [6.45, 7) is 7.77. The van der Waals surface area contributed by atoms with Gasteiger partial charge in [0, 0.05) is 11.3 Å². The summed E-state index contributed by atoms with van der Waals surface area (Å²) in [7, 11) is 0. The lowest BCUT2D eigenvalue weighted by Gasteiger charge is -2.24. The van der Waals surface area contributed by atoms with Gasteiger partial charge in [0.1, 0.15) is 5.78 Å². The second-order valence-corrected chi connectivity index (χ2v) is 5.53. The summed E-state index contributed by atoms with van der Waals surface area (Å²) in [5, 5.41) is 1.11. The highest BCUT2D eigenvalue weighted by Crippen LogP contribution is 2.27. The first-order valence-corrected chi connectivity index (χ1v) is 6.33. The second kappa shape index (κ2) is 4.52. The van der Waals surface area contributed by atoms with Crippen molar-refractivity contribution >= 4 is 16.7 Å². The Balaban J connectivity index is 2.50. The van der Waals surface area contributed by atoms with Crippen LogP contribution in [-0.4, -0.2) is 10.8 Å². The van der Waals surface area contributed by atoms with Gasteiger partial charge < -0.3 is 0 Å². The Bertz CT molecular complexity index is 584. The Morgan fingerprint density at radius 1 is 1.11 bits per heavy atom. The van der Waals surface area contributed by atoms with Crippen molar-refractivity contribution in [2.75, 3.05) is 0 Å². The fraction of sp³-hybridized carbons (Fsp3) is 0.375. The summed E-state index contributed by atoms with van der Waals surface area (Å²) in [5.41, 5.74) is 1.26. The molecule has 0 amide bonds. The topological polar surface area (TPSA) is 30.0 Å². The molecule has 2 heteroatoms. The van der Waals surface area contributed by atoms with E-state index in [1.807, 2.05) is 64.1 Å². The SMILES string of the molecule is CC(C)C(=O)C(C)(C)c1ccc2ccccc2n1. The van der Waals surface area contributed by atoms with Crippen LogP contribution < -0.4 is 0 Å². The highest BCUT2D eigenvalue weighted by Gasteiger charge is 2.32. The third kappa shape index (κ3) is 2.15. The van der Waals surface area contributed by atoms with Crippen LogP contribution in [0.1, 0.15) is 33.4 Å². The maximum Gasteiger partial charge on any atom is 0.146 e. The van der Waals surface area contributed by atoms with E-state index in [9.17, 15) is 4.79 Å². The molecule has 0 saturated heterocycles. The van der Waals surface area contributed by atoms with E-state index in [0.29, 0.717) is 0 Å². The van der Waals surface area contributed by atoms with E-state index in [4.69, 9.17) is 0 Å². The summed E-state index contributed by atoms with van der Waals surface area (Å²) < 4.78 is 0. The Morgan fingerprint density at radius 3 is 2.44 bits per heavy atom. The van der Waals surface area contributed by atoms with Crippen molar-refractivity contribution in [1.29, 1.82) is 0 Å². The smallest absolute Gasteiger partial charge is 0.146 e. The van der Waals surface area contributed by atoms with Crippen molar-refractivity contribution in [3.63, 3.8) is 0 Å². The molecule has 1 aromatic carbocycles. The van der Waals surface area contributed by atoms with Gasteiger partial charge in [0.15, 0.2) is 0 Å². The quantitative estimate of drug-likeness (QED) is 0.819. The van der Waals surface area contributed by atoms with E-state index in [1.165, 1.54) is 0 Å². The maximum atomic E-state index is 12.3. The molecule has 1 heterocycles. The Labute approximate surface area is 108 Å². The minimum Gasteiger partial charge on any atom is -0.298 e. The number of hydrogen-bond donors (Lipinski definition) is 0. The molecule has 0 fully saturated rings. The summed E-state index contributed by atoms with van der Waals surface area (Å²) in [6.07, 6.45) is 0. The lowest BCUT2D eigenvalue weighted by Crippen LogP contribution is -2.33. The highest BCUT2D eigenvalue weighted by molar-refractivity contribution is 5.91. The minimum atomic E-state index is -0.530. The Hall–Kier alpha value is -1.70. The van der Waals surface area contributed by atoms with Crippen molar-refractivity contribution in [1.82, 2.24) is 4.98 Å². The van der Waals surface area contributed by atoms with Gasteiger partial charge in [-0.05, 0) is 26.0 Å². The standard InChI is InChI=1S/C16H19NO/c1-11(2)15(18)16(3,4)14-10-9-12-7-5-6-8-13(12)17-14/h5-11H,1-4H3. The lowest BCUT2D eigenvalue weighted by molar-refractivity contribution is -0.126. The number of benzene rings is 1. The number of pyridine rings is 1. The molecule has 0 aliphatic heterocycles. The van der Waals surface area contributed by atoms with Crippen LogP contribution in [0.15, 0.2) is 36.4 Å². The summed E-state index contributed by atoms with van der Waals surface area (Å²) in [4.78, 5) is 16.9. The molecule has 0 bridgehead atoms. The van der Waals surface area contributed by atoms with Crippen LogP contribution >= 0.6 is 0 Å². The third-order valence-electron chi connectivity index (χ3n) is 3.38. The fourth-order valence-corrected chi connectivity index (χ4v) is 2.26. The molecule has 2 rings (SSSR count). The number of Topliss-reactive ketones (excluding diaryl/α,β-unsaturated/α-hetero) is 1. The van der Waals surface area contributed by atoms with Crippen molar-refractivity contribution < 1.29 is 4.79 Å². The van der Waals surface area contributed by atoms with Crippen LogP contribution in [0.3, 0.4) is 0 Å². The first-order valence-electron chi connectivity index (χ1n) is 6.33. The number of carbonyl (C=O) groups is 1. The number of carbonyl (C=O) groups excluding carboxylic acids is 1. The van der Waals surface area contributed by atoms with Gasteiger partial charge in [0.25, 0.3) is 0 Å². The molecular weight excluding hydrogens is 222 g/mol. The molecule has 1 aromatic heterocycles. The van der Waals surface area contributed by atoms with E-state index in [-0.39, 0.29) is 11.7 Å². The number of rotatable bonds is 3. The van der Waals surface area contributed by atoms with Gasteiger partial charge in [0.05, 0.1) is 16.6 Å². The predicted molar refractivity (Wildman–Crippen MR) is 74.6 cm³/mol. The van der Waals surface area contributed by atoms with E-state index in [2.05, 4.69) is 4.98 Å². The zero-order chi connectivity index (χ0) is 13.3. The lowest BCUT2D eigenvalue weighted by atomic mass is 9.79. The van der Waals surface area contributed by atoms with Gasteiger partial charge in [0.2, 0.25) is 0 Å². The number of aromatic nitrogens is 1. The molecule has 0 unspecified atom stereocenters. The average molecular weight is 241 g/mol. The van der Waals surface area contributed by atoms with Crippen molar-refractivity contribution in [2.45, 2.75) is 33.1 Å².